The lowest BCUT2D eigenvalue weighted by Crippen LogP contribution is -2.37. The van der Waals surface area contributed by atoms with E-state index in [1.54, 1.807) is 0 Å². The van der Waals surface area contributed by atoms with Gasteiger partial charge < -0.3 is 0 Å². The van der Waals surface area contributed by atoms with Crippen molar-refractivity contribution in [2.45, 2.75) is 13.3 Å². The van der Waals surface area contributed by atoms with Crippen LogP contribution in [0.4, 0.5) is 0 Å². The molecule has 0 spiro atoms. The van der Waals surface area contributed by atoms with Gasteiger partial charge in [-0.05, 0) is 23.8 Å². The second-order valence-corrected chi connectivity index (χ2v) is 3.68. The average Bonchev–Trinajstić information content (AvgIpc) is 1.76. The highest BCUT2D eigenvalue weighted by Crippen LogP contribution is 2.13. The summed E-state index contributed by atoms with van der Waals surface area (Å²) in [7, 11) is 0. The lowest BCUT2D eigenvalue weighted by molar-refractivity contribution is 0.375. The molecule has 1 radical (unpaired) electrons. The van der Waals surface area contributed by atoms with Crippen LogP contribution in [0.1, 0.15) is 13.3 Å². The molecule has 0 N–H and O–H groups in total. The average molecular weight is 144 g/mol. The van der Waals surface area contributed by atoms with E-state index in [0.717, 1.165) is 19.0 Å². The van der Waals surface area contributed by atoms with E-state index in [9.17, 15) is 0 Å². The molecule has 0 atom stereocenters. The third kappa shape index (κ3) is 2.59. The zero-order valence-electron chi connectivity index (χ0n) is 5.97. The van der Waals surface area contributed by atoms with E-state index < -0.39 is 0 Å². The number of hydrogen-bond acceptors (Lipinski definition) is 1. The fourth-order valence-corrected chi connectivity index (χ4v) is 1.81. The van der Waals surface area contributed by atoms with Crippen LogP contribution >= 0.6 is 11.8 Å². The molecule has 2 heteroatoms. The van der Waals surface area contributed by atoms with Gasteiger partial charge >= 0.3 is 0 Å². The Morgan fingerprint density at radius 1 is 1.56 bits per heavy atom. The summed E-state index contributed by atoms with van der Waals surface area (Å²) in [4.78, 5) is 0. The number of rotatable bonds is 4. The fourth-order valence-electron chi connectivity index (χ4n) is 0.811. The molecule has 0 unspecified atom stereocenters. The third-order valence-corrected chi connectivity index (χ3v) is 2.88. The van der Waals surface area contributed by atoms with Crippen LogP contribution in [-0.2, 0) is 0 Å². The van der Waals surface area contributed by atoms with Gasteiger partial charge in [-0.3, -0.25) is 0 Å². The maximum absolute atomic E-state index is 4.16. The van der Waals surface area contributed by atoms with Gasteiger partial charge in [0, 0.05) is 13.1 Å². The van der Waals surface area contributed by atoms with E-state index in [0.29, 0.717) is 0 Å². The summed E-state index contributed by atoms with van der Waals surface area (Å²) in [5, 5.41) is 4.16. The topological polar surface area (TPSA) is 14.1 Å². The lowest BCUT2D eigenvalue weighted by Gasteiger charge is -2.24. The summed E-state index contributed by atoms with van der Waals surface area (Å²) < 4.78 is 0. The molecular weight excluding hydrogens is 130 g/mol. The van der Waals surface area contributed by atoms with E-state index in [1.807, 2.05) is 0 Å². The number of hydrogen-bond donors (Lipinski definition) is 0. The molecule has 0 saturated carbocycles. The van der Waals surface area contributed by atoms with Gasteiger partial charge in [0.05, 0.1) is 0 Å². The van der Waals surface area contributed by atoms with Crippen molar-refractivity contribution in [2.24, 2.45) is 5.92 Å². The van der Waals surface area contributed by atoms with Gasteiger partial charge in [-0.1, -0.05) is 6.92 Å². The second-order valence-electron chi connectivity index (χ2n) is 2.53. The molecule has 1 saturated heterocycles. The van der Waals surface area contributed by atoms with Gasteiger partial charge in [0.15, 0.2) is 0 Å². The highest BCUT2D eigenvalue weighted by molar-refractivity contribution is 7.99. The van der Waals surface area contributed by atoms with Gasteiger partial charge in [0.2, 0.25) is 0 Å². The maximum atomic E-state index is 4.16. The van der Waals surface area contributed by atoms with Gasteiger partial charge in [-0.2, -0.15) is 11.8 Å². The molecule has 1 aliphatic heterocycles. The predicted molar refractivity (Wildman–Crippen MR) is 43.0 cm³/mol. The third-order valence-electron chi connectivity index (χ3n) is 1.48. The first-order valence-electron chi connectivity index (χ1n) is 3.64. The first-order valence-corrected chi connectivity index (χ1v) is 4.80. The van der Waals surface area contributed by atoms with E-state index in [-0.39, 0.29) is 0 Å². The van der Waals surface area contributed by atoms with Crippen molar-refractivity contribution in [3.05, 3.63) is 0 Å². The summed E-state index contributed by atoms with van der Waals surface area (Å²) >= 11 is 2.08. The normalized spacial score (nSPS) is 19.7. The summed E-state index contributed by atoms with van der Waals surface area (Å²) in [5.74, 6) is 3.61. The van der Waals surface area contributed by atoms with E-state index >= 15 is 0 Å². The van der Waals surface area contributed by atoms with Crippen molar-refractivity contribution in [2.75, 3.05) is 24.6 Å². The standard InChI is InChI=1S/C7H14NS/c1-2-3-9-6-7-4-8-5-7/h7H,2-6H2,1H3. The van der Waals surface area contributed by atoms with Gasteiger partial charge in [-0.15, -0.1) is 0 Å². The van der Waals surface area contributed by atoms with Gasteiger partial charge in [-0.25, -0.2) is 5.32 Å². The van der Waals surface area contributed by atoms with Crippen LogP contribution in [0.5, 0.6) is 0 Å². The van der Waals surface area contributed by atoms with E-state index in [4.69, 9.17) is 0 Å². The molecule has 0 amide bonds. The van der Waals surface area contributed by atoms with Crippen LogP contribution in [0, 0.1) is 5.92 Å². The first-order chi connectivity index (χ1) is 4.43. The molecule has 0 aliphatic carbocycles. The zero-order valence-corrected chi connectivity index (χ0v) is 6.78. The SMILES string of the molecule is CCCSCC1C[N]C1. The van der Waals surface area contributed by atoms with Crippen molar-refractivity contribution in [1.82, 2.24) is 5.32 Å². The summed E-state index contributed by atoms with van der Waals surface area (Å²) in [6, 6.07) is 0. The highest BCUT2D eigenvalue weighted by atomic mass is 32.2. The number of nitrogens with zero attached hydrogens (tertiary/aromatic N) is 1. The van der Waals surface area contributed by atoms with E-state index in [1.165, 1.54) is 17.9 Å². The molecule has 53 valence electrons. The minimum absolute atomic E-state index is 0.932. The lowest BCUT2D eigenvalue weighted by atomic mass is 10.1. The molecule has 9 heavy (non-hydrogen) atoms. The molecule has 1 aliphatic rings. The van der Waals surface area contributed by atoms with Crippen molar-refractivity contribution >= 4 is 11.8 Å². The largest absolute Gasteiger partial charge is 0.241 e. The van der Waals surface area contributed by atoms with Crippen LogP contribution in [0.3, 0.4) is 0 Å². The van der Waals surface area contributed by atoms with Gasteiger partial charge in [0.1, 0.15) is 0 Å². The van der Waals surface area contributed by atoms with Crippen LogP contribution in [0.2, 0.25) is 0 Å². The molecule has 0 aromatic rings. The quantitative estimate of drug-likeness (QED) is 0.543. The zero-order chi connectivity index (χ0) is 6.53. The Balaban J connectivity index is 1.80. The minimum atomic E-state index is 0.932. The Morgan fingerprint density at radius 2 is 2.33 bits per heavy atom. The molecule has 0 aromatic carbocycles. The summed E-state index contributed by atoms with van der Waals surface area (Å²) in [6.07, 6.45) is 1.31. The van der Waals surface area contributed by atoms with E-state index in [2.05, 4.69) is 24.0 Å². The van der Waals surface area contributed by atoms with Crippen LogP contribution in [0.15, 0.2) is 0 Å². The van der Waals surface area contributed by atoms with Crippen molar-refractivity contribution in [1.29, 1.82) is 0 Å². The first kappa shape index (κ1) is 7.42. The summed E-state index contributed by atoms with van der Waals surface area (Å²) in [6.45, 7) is 4.51. The Hall–Kier alpha value is 0.310. The Labute approximate surface area is 61.6 Å². The Bertz CT molecular complexity index is 71.3. The van der Waals surface area contributed by atoms with Crippen LogP contribution in [-0.4, -0.2) is 24.6 Å². The molecule has 1 heterocycles. The molecule has 1 rings (SSSR count). The molecule has 0 aromatic heterocycles. The van der Waals surface area contributed by atoms with Gasteiger partial charge in [0.25, 0.3) is 0 Å². The Morgan fingerprint density at radius 3 is 2.78 bits per heavy atom. The highest BCUT2D eigenvalue weighted by Gasteiger charge is 2.16. The monoisotopic (exact) mass is 144 g/mol. The maximum Gasteiger partial charge on any atom is 0.0182 e. The smallest absolute Gasteiger partial charge is 0.0182 e. The molecule has 0 bridgehead atoms. The molecular formula is C7H14NS. The predicted octanol–water partition coefficient (Wildman–Crippen LogP) is 1.36. The number of thioether (sulfide) groups is 1. The summed E-state index contributed by atoms with van der Waals surface area (Å²) in [5.41, 5.74) is 0. The molecule has 1 fully saturated rings. The molecule has 1 nitrogen and oxygen atoms in total. The van der Waals surface area contributed by atoms with Crippen LogP contribution in [0.25, 0.3) is 0 Å². The second kappa shape index (κ2) is 4.18. The van der Waals surface area contributed by atoms with Crippen molar-refractivity contribution < 1.29 is 0 Å². The van der Waals surface area contributed by atoms with Crippen molar-refractivity contribution in [3.8, 4) is 0 Å². The van der Waals surface area contributed by atoms with Crippen molar-refractivity contribution in [3.63, 3.8) is 0 Å². The Kier molecular flexibility index (Phi) is 3.44. The van der Waals surface area contributed by atoms with Crippen LogP contribution < -0.4 is 5.32 Å². The fraction of sp³-hybridized carbons (Fsp3) is 1.00. The minimum Gasteiger partial charge on any atom is -0.241 e.